The van der Waals surface area contributed by atoms with Gasteiger partial charge in [-0.2, -0.15) is 0 Å². The van der Waals surface area contributed by atoms with E-state index in [9.17, 15) is 4.39 Å². The van der Waals surface area contributed by atoms with Crippen LogP contribution in [0.5, 0.6) is 5.75 Å². The van der Waals surface area contributed by atoms with E-state index in [-0.39, 0.29) is 19.0 Å². The van der Waals surface area contributed by atoms with Gasteiger partial charge in [-0.05, 0) is 37.3 Å². The molecule has 0 aliphatic heterocycles. The lowest BCUT2D eigenvalue weighted by molar-refractivity contribution is 0.295. The average Bonchev–Trinajstić information content (AvgIpc) is 2.40. The molecule has 0 radical (unpaired) electrons. The van der Waals surface area contributed by atoms with Crippen LogP contribution in [0, 0.1) is 12.7 Å². The molecule has 0 atom stereocenters. The monoisotopic (exact) mass is 280 g/mol. The highest BCUT2D eigenvalue weighted by Gasteiger charge is 2.07. The van der Waals surface area contributed by atoms with Crippen LogP contribution in [-0.2, 0) is 13.2 Å². The Balaban J connectivity index is 2.16. The molecule has 19 heavy (non-hydrogen) atoms. The number of aromatic nitrogens is 1. The molecule has 0 fully saturated rings. The van der Waals surface area contributed by atoms with E-state index in [2.05, 4.69) is 4.98 Å². The fourth-order valence-electron chi connectivity index (χ4n) is 1.68. The Bertz CT molecular complexity index is 590. The molecular weight excluding hydrogens is 267 g/mol. The van der Waals surface area contributed by atoms with Crippen molar-refractivity contribution in [1.82, 2.24) is 4.98 Å². The van der Waals surface area contributed by atoms with Crippen LogP contribution < -0.4 is 10.5 Å². The standard InChI is InChI=1S/C14H14ClFN2O/c1-9-2-5-14(13(7-17)18-9)19-8-10-6-11(15)3-4-12(10)16/h2-6H,7-8,17H2,1H3. The lowest BCUT2D eigenvalue weighted by Gasteiger charge is -2.11. The third-order valence-electron chi connectivity index (χ3n) is 2.66. The van der Waals surface area contributed by atoms with Crippen molar-refractivity contribution in [2.75, 3.05) is 0 Å². The van der Waals surface area contributed by atoms with Crippen molar-refractivity contribution in [3.05, 3.63) is 58.1 Å². The van der Waals surface area contributed by atoms with Crippen LogP contribution in [0.4, 0.5) is 4.39 Å². The first-order valence-corrected chi connectivity index (χ1v) is 6.21. The normalized spacial score (nSPS) is 10.5. The van der Waals surface area contributed by atoms with E-state index in [1.807, 2.05) is 13.0 Å². The molecule has 0 aliphatic rings. The molecule has 0 saturated heterocycles. The quantitative estimate of drug-likeness (QED) is 0.935. The fraction of sp³-hybridized carbons (Fsp3) is 0.214. The topological polar surface area (TPSA) is 48.1 Å². The second-order valence-electron chi connectivity index (χ2n) is 4.13. The SMILES string of the molecule is Cc1ccc(OCc2cc(Cl)ccc2F)c(CN)n1. The van der Waals surface area contributed by atoms with Gasteiger partial charge in [0, 0.05) is 22.8 Å². The number of pyridine rings is 1. The van der Waals surface area contributed by atoms with Crippen molar-refractivity contribution in [2.45, 2.75) is 20.1 Å². The zero-order valence-electron chi connectivity index (χ0n) is 10.5. The molecule has 0 aliphatic carbocycles. The zero-order chi connectivity index (χ0) is 13.8. The van der Waals surface area contributed by atoms with E-state index in [0.29, 0.717) is 22.0 Å². The molecule has 2 N–H and O–H groups in total. The molecule has 1 aromatic carbocycles. The van der Waals surface area contributed by atoms with Gasteiger partial charge in [-0.15, -0.1) is 0 Å². The summed E-state index contributed by atoms with van der Waals surface area (Å²) in [6.45, 7) is 2.23. The largest absolute Gasteiger partial charge is 0.487 e. The first-order valence-electron chi connectivity index (χ1n) is 5.83. The molecule has 5 heteroatoms. The smallest absolute Gasteiger partial charge is 0.142 e. The van der Waals surface area contributed by atoms with E-state index in [1.165, 1.54) is 12.1 Å². The van der Waals surface area contributed by atoms with Crippen molar-refractivity contribution < 1.29 is 9.13 Å². The second kappa shape index (κ2) is 5.99. The van der Waals surface area contributed by atoms with Gasteiger partial charge < -0.3 is 10.5 Å². The predicted octanol–water partition coefficient (Wildman–Crippen LogP) is 3.22. The molecule has 2 rings (SSSR count). The van der Waals surface area contributed by atoms with Crippen molar-refractivity contribution in [3.8, 4) is 5.75 Å². The van der Waals surface area contributed by atoms with Gasteiger partial charge in [-0.25, -0.2) is 4.39 Å². The maximum absolute atomic E-state index is 13.5. The predicted molar refractivity (Wildman–Crippen MR) is 72.6 cm³/mol. The van der Waals surface area contributed by atoms with Gasteiger partial charge in [0.05, 0.1) is 5.69 Å². The summed E-state index contributed by atoms with van der Waals surface area (Å²) in [5, 5.41) is 0.473. The van der Waals surface area contributed by atoms with Crippen LogP contribution in [0.2, 0.25) is 5.02 Å². The average molecular weight is 281 g/mol. The number of nitrogens with zero attached hydrogens (tertiary/aromatic N) is 1. The second-order valence-corrected chi connectivity index (χ2v) is 4.56. The number of halogens is 2. The summed E-state index contributed by atoms with van der Waals surface area (Å²) >= 11 is 5.82. The summed E-state index contributed by atoms with van der Waals surface area (Å²) in [4.78, 5) is 4.27. The van der Waals surface area contributed by atoms with Crippen LogP contribution in [0.15, 0.2) is 30.3 Å². The van der Waals surface area contributed by atoms with E-state index in [1.54, 1.807) is 12.1 Å². The van der Waals surface area contributed by atoms with Crippen LogP contribution in [0.3, 0.4) is 0 Å². The van der Waals surface area contributed by atoms with Gasteiger partial charge in [0.1, 0.15) is 18.2 Å². The van der Waals surface area contributed by atoms with Crippen molar-refractivity contribution >= 4 is 11.6 Å². The van der Waals surface area contributed by atoms with Crippen molar-refractivity contribution in [3.63, 3.8) is 0 Å². The number of hydrogen-bond acceptors (Lipinski definition) is 3. The summed E-state index contributed by atoms with van der Waals surface area (Å²) in [7, 11) is 0. The van der Waals surface area contributed by atoms with E-state index >= 15 is 0 Å². The maximum Gasteiger partial charge on any atom is 0.142 e. The van der Waals surface area contributed by atoms with Crippen molar-refractivity contribution in [1.29, 1.82) is 0 Å². The minimum Gasteiger partial charge on any atom is -0.487 e. The van der Waals surface area contributed by atoms with Crippen LogP contribution >= 0.6 is 11.6 Å². The molecule has 0 saturated carbocycles. The molecule has 1 aromatic heterocycles. The summed E-state index contributed by atoms with van der Waals surface area (Å²) < 4.78 is 19.1. The molecule has 0 spiro atoms. The highest BCUT2D eigenvalue weighted by molar-refractivity contribution is 6.30. The minimum absolute atomic E-state index is 0.0874. The van der Waals surface area contributed by atoms with Gasteiger partial charge in [-0.1, -0.05) is 11.6 Å². The van der Waals surface area contributed by atoms with Crippen molar-refractivity contribution in [2.24, 2.45) is 5.73 Å². The Kier molecular flexibility index (Phi) is 4.35. The maximum atomic E-state index is 13.5. The highest BCUT2D eigenvalue weighted by Crippen LogP contribution is 2.20. The van der Waals surface area contributed by atoms with Crippen LogP contribution in [0.25, 0.3) is 0 Å². The molecule has 0 bridgehead atoms. The Morgan fingerprint density at radius 1 is 1.32 bits per heavy atom. The summed E-state index contributed by atoms with van der Waals surface area (Å²) in [6.07, 6.45) is 0. The molecule has 0 amide bonds. The zero-order valence-corrected chi connectivity index (χ0v) is 11.2. The molecule has 0 unspecified atom stereocenters. The molecular formula is C14H14ClFN2O. The number of nitrogens with two attached hydrogens (primary N) is 1. The van der Waals surface area contributed by atoms with Gasteiger partial charge in [0.2, 0.25) is 0 Å². The molecule has 3 nitrogen and oxygen atoms in total. The fourth-order valence-corrected chi connectivity index (χ4v) is 1.88. The van der Waals surface area contributed by atoms with Gasteiger partial charge in [0.25, 0.3) is 0 Å². The Morgan fingerprint density at radius 3 is 2.84 bits per heavy atom. The van der Waals surface area contributed by atoms with Gasteiger partial charge in [-0.3, -0.25) is 4.98 Å². The van der Waals surface area contributed by atoms with E-state index in [0.717, 1.165) is 5.69 Å². The number of rotatable bonds is 4. The lowest BCUT2D eigenvalue weighted by atomic mass is 10.2. The Morgan fingerprint density at radius 2 is 2.11 bits per heavy atom. The Hall–Kier alpha value is -1.65. The number of hydrogen-bond donors (Lipinski definition) is 1. The first-order chi connectivity index (χ1) is 9.10. The van der Waals surface area contributed by atoms with Gasteiger partial charge in [0.15, 0.2) is 0 Å². The molecule has 100 valence electrons. The Labute approximate surface area is 116 Å². The van der Waals surface area contributed by atoms with Gasteiger partial charge >= 0.3 is 0 Å². The summed E-state index contributed by atoms with van der Waals surface area (Å²) in [5.41, 5.74) is 7.52. The first kappa shape index (κ1) is 13.8. The number of aryl methyl sites for hydroxylation is 1. The van der Waals surface area contributed by atoms with E-state index in [4.69, 9.17) is 22.1 Å². The summed E-state index contributed by atoms with van der Waals surface area (Å²) in [6, 6.07) is 7.97. The third-order valence-corrected chi connectivity index (χ3v) is 2.89. The lowest BCUT2D eigenvalue weighted by Crippen LogP contribution is -2.06. The van der Waals surface area contributed by atoms with E-state index < -0.39 is 0 Å². The highest BCUT2D eigenvalue weighted by atomic mass is 35.5. The number of benzene rings is 1. The third kappa shape index (κ3) is 3.43. The minimum atomic E-state index is -0.348. The number of ether oxygens (including phenoxy) is 1. The van der Waals surface area contributed by atoms with Crippen LogP contribution in [0.1, 0.15) is 17.0 Å². The molecule has 1 heterocycles. The van der Waals surface area contributed by atoms with Crippen LogP contribution in [-0.4, -0.2) is 4.98 Å². The molecule has 2 aromatic rings. The summed E-state index contributed by atoms with van der Waals surface area (Å²) in [5.74, 6) is 0.214.